The fourth-order valence-corrected chi connectivity index (χ4v) is 3.84. The summed E-state index contributed by atoms with van der Waals surface area (Å²) in [4.78, 5) is 7.05. The molecule has 0 bridgehead atoms. The van der Waals surface area contributed by atoms with Gasteiger partial charge < -0.3 is 10.1 Å². The summed E-state index contributed by atoms with van der Waals surface area (Å²) in [6, 6.07) is 4.73. The lowest BCUT2D eigenvalue weighted by molar-refractivity contribution is 0.0210. The molecule has 7 heteroatoms. The summed E-state index contributed by atoms with van der Waals surface area (Å²) >= 11 is 3.65. The van der Waals surface area contributed by atoms with Gasteiger partial charge in [0.25, 0.3) is 0 Å². The molecule has 2 aliphatic rings. The van der Waals surface area contributed by atoms with E-state index < -0.39 is 0 Å². The summed E-state index contributed by atoms with van der Waals surface area (Å²) < 4.78 is 6.54. The second kappa shape index (κ2) is 10.1. The van der Waals surface area contributed by atoms with Crippen LogP contribution in [0.25, 0.3) is 0 Å². The van der Waals surface area contributed by atoms with Crippen molar-refractivity contribution in [1.82, 2.24) is 15.2 Å². The zero-order chi connectivity index (χ0) is 13.8. The molecule has 1 N–H and O–H groups in total. The van der Waals surface area contributed by atoms with Crippen LogP contribution in [0.1, 0.15) is 24.4 Å². The number of hydrogen-bond acceptors (Lipinski definition) is 4. The quantitative estimate of drug-likeness (QED) is 0.774. The minimum atomic E-state index is 0. The molecule has 0 saturated carbocycles. The predicted octanol–water partition coefficient (Wildman–Crippen LogP) is 3.06. The Morgan fingerprint density at radius 3 is 2.55 bits per heavy atom. The van der Waals surface area contributed by atoms with Gasteiger partial charge in [-0.2, -0.15) is 0 Å². The Balaban J connectivity index is 0.00000121. The summed E-state index contributed by atoms with van der Waals surface area (Å²) in [6.07, 6.45) is 4.15. The summed E-state index contributed by atoms with van der Waals surface area (Å²) in [7, 11) is 0. The van der Waals surface area contributed by atoms with Gasteiger partial charge in [0.05, 0.1) is 0 Å². The molecule has 4 nitrogen and oxygen atoms in total. The summed E-state index contributed by atoms with van der Waals surface area (Å²) in [5.74, 6) is 0.669. The van der Waals surface area contributed by atoms with E-state index in [-0.39, 0.29) is 24.8 Å². The van der Waals surface area contributed by atoms with Crippen molar-refractivity contribution < 1.29 is 4.74 Å². The van der Waals surface area contributed by atoms with Crippen molar-refractivity contribution in [2.75, 3.05) is 39.4 Å². The second-order valence-electron chi connectivity index (χ2n) is 5.56. The van der Waals surface area contributed by atoms with Crippen LogP contribution in [0, 0.1) is 5.92 Å². The van der Waals surface area contributed by atoms with Gasteiger partial charge >= 0.3 is 0 Å². The van der Waals surface area contributed by atoms with Crippen LogP contribution < -0.4 is 5.32 Å². The molecule has 0 aromatic carbocycles. The molecule has 0 radical (unpaired) electrons. The smallest absolute Gasteiger partial charge is 0.110 e. The van der Waals surface area contributed by atoms with Crippen LogP contribution in [0.2, 0.25) is 0 Å². The van der Waals surface area contributed by atoms with E-state index >= 15 is 0 Å². The summed E-state index contributed by atoms with van der Waals surface area (Å²) in [5, 5.41) is 3.44. The number of halogens is 3. The van der Waals surface area contributed by atoms with Gasteiger partial charge in [-0.3, -0.25) is 4.90 Å². The zero-order valence-corrected chi connectivity index (χ0v) is 15.8. The molecule has 0 unspecified atom stereocenters. The van der Waals surface area contributed by atoms with E-state index in [1.165, 1.54) is 5.56 Å². The van der Waals surface area contributed by atoms with Crippen LogP contribution in [-0.4, -0.2) is 49.3 Å². The molecule has 2 saturated heterocycles. The van der Waals surface area contributed by atoms with Crippen LogP contribution in [0.3, 0.4) is 0 Å². The van der Waals surface area contributed by atoms with Crippen molar-refractivity contribution in [3.63, 3.8) is 0 Å². The lowest BCUT2D eigenvalue weighted by atomic mass is 9.86. The monoisotopic (exact) mass is 411 g/mol. The van der Waals surface area contributed by atoms with Gasteiger partial charge in [0.15, 0.2) is 0 Å². The van der Waals surface area contributed by atoms with E-state index in [9.17, 15) is 0 Å². The first-order valence-corrected chi connectivity index (χ1v) is 8.28. The van der Waals surface area contributed by atoms with Crippen molar-refractivity contribution >= 4 is 40.7 Å². The normalized spacial score (nSPS) is 21.5. The maximum Gasteiger partial charge on any atom is 0.110 e. The highest BCUT2D eigenvalue weighted by atomic mass is 79.9. The molecule has 0 amide bonds. The minimum Gasteiger partial charge on any atom is -0.381 e. The minimum absolute atomic E-state index is 0. The highest BCUT2D eigenvalue weighted by Crippen LogP contribution is 2.37. The van der Waals surface area contributed by atoms with Gasteiger partial charge in [0, 0.05) is 57.2 Å². The first kappa shape index (κ1) is 20.1. The molecule has 0 aliphatic carbocycles. The number of nitrogens with one attached hydrogen (secondary N) is 1. The van der Waals surface area contributed by atoms with E-state index in [2.05, 4.69) is 43.3 Å². The Morgan fingerprint density at radius 2 is 1.91 bits per heavy atom. The maximum absolute atomic E-state index is 5.55. The molecule has 126 valence electrons. The van der Waals surface area contributed by atoms with Crippen molar-refractivity contribution in [2.45, 2.75) is 18.9 Å². The van der Waals surface area contributed by atoms with E-state index in [1.54, 1.807) is 0 Å². The Labute approximate surface area is 153 Å². The second-order valence-corrected chi connectivity index (χ2v) is 6.32. The highest BCUT2D eigenvalue weighted by Gasteiger charge is 2.32. The number of rotatable bonds is 3. The summed E-state index contributed by atoms with van der Waals surface area (Å²) in [5.41, 5.74) is 1.33. The van der Waals surface area contributed by atoms with E-state index in [0.29, 0.717) is 12.0 Å². The number of nitrogens with zero attached hydrogens (tertiary/aromatic N) is 2. The lowest BCUT2D eigenvalue weighted by Crippen LogP contribution is -2.47. The van der Waals surface area contributed by atoms with Crippen LogP contribution in [0.15, 0.2) is 22.9 Å². The first-order valence-electron chi connectivity index (χ1n) is 7.49. The third kappa shape index (κ3) is 4.79. The lowest BCUT2D eigenvalue weighted by Gasteiger charge is -2.41. The molecule has 2 fully saturated rings. The largest absolute Gasteiger partial charge is 0.381 e. The van der Waals surface area contributed by atoms with Gasteiger partial charge in [-0.25, -0.2) is 4.98 Å². The Kier molecular flexibility index (Phi) is 9.21. The number of pyridine rings is 1. The SMILES string of the molecule is Brc1ncccc1[C@H](C1CCOCC1)N1CCNCC1.Cl.Cl. The Bertz CT molecular complexity index is 423. The van der Waals surface area contributed by atoms with Crippen LogP contribution in [0.5, 0.6) is 0 Å². The van der Waals surface area contributed by atoms with Gasteiger partial charge in [0.2, 0.25) is 0 Å². The molecule has 3 rings (SSSR count). The first-order chi connectivity index (χ1) is 9.86. The molecular weight excluding hydrogens is 389 g/mol. The molecule has 2 aliphatic heterocycles. The zero-order valence-electron chi connectivity index (χ0n) is 12.5. The van der Waals surface area contributed by atoms with Crippen molar-refractivity contribution in [1.29, 1.82) is 0 Å². The van der Waals surface area contributed by atoms with Gasteiger partial charge in [-0.1, -0.05) is 6.07 Å². The van der Waals surface area contributed by atoms with Crippen molar-refractivity contribution in [3.8, 4) is 0 Å². The van der Waals surface area contributed by atoms with Crippen molar-refractivity contribution in [3.05, 3.63) is 28.5 Å². The highest BCUT2D eigenvalue weighted by molar-refractivity contribution is 9.10. The van der Waals surface area contributed by atoms with E-state index in [4.69, 9.17) is 4.74 Å². The molecule has 1 atom stereocenters. The van der Waals surface area contributed by atoms with Crippen LogP contribution in [0.4, 0.5) is 0 Å². The third-order valence-corrected chi connectivity index (χ3v) is 5.03. The maximum atomic E-state index is 5.55. The van der Waals surface area contributed by atoms with Gasteiger partial charge in [-0.05, 0) is 40.8 Å². The molecule has 22 heavy (non-hydrogen) atoms. The Morgan fingerprint density at radius 1 is 1.23 bits per heavy atom. The molecule has 0 spiro atoms. The average Bonchev–Trinajstić information content (AvgIpc) is 2.52. The van der Waals surface area contributed by atoms with Crippen molar-refractivity contribution in [2.24, 2.45) is 5.92 Å². The molecule has 1 aromatic heterocycles. The summed E-state index contributed by atoms with van der Waals surface area (Å²) in [6.45, 7) is 6.18. The Hall–Kier alpha value is 0.0900. The van der Waals surface area contributed by atoms with Crippen LogP contribution >= 0.6 is 40.7 Å². The molecule has 1 aromatic rings. The van der Waals surface area contributed by atoms with E-state index in [0.717, 1.165) is 56.8 Å². The molecular formula is C15H24BrCl2N3O. The van der Waals surface area contributed by atoms with Gasteiger partial charge in [0.1, 0.15) is 4.60 Å². The fraction of sp³-hybridized carbons (Fsp3) is 0.667. The molecule has 3 heterocycles. The van der Waals surface area contributed by atoms with Gasteiger partial charge in [-0.15, -0.1) is 24.8 Å². The standard InChI is InChI=1S/C15H22BrN3O.2ClH/c16-15-13(2-1-5-18-15)14(12-3-10-20-11-4-12)19-8-6-17-7-9-19;;/h1-2,5,12,14,17H,3-4,6-11H2;2*1H/t14-;;/m0../s1. The third-order valence-electron chi connectivity index (χ3n) is 4.36. The number of aromatic nitrogens is 1. The fourth-order valence-electron chi connectivity index (χ4n) is 3.36. The topological polar surface area (TPSA) is 37.4 Å². The average molecular weight is 413 g/mol. The van der Waals surface area contributed by atoms with Crippen LogP contribution in [-0.2, 0) is 4.74 Å². The van der Waals surface area contributed by atoms with E-state index in [1.807, 2.05) is 6.20 Å². The number of piperazine rings is 1. The predicted molar refractivity (Wildman–Crippen MR) is 97.2 cm³/mol. The number of hydrogen-bond donors (Lipinski definition) is 1. The number of ether oxygens (including phenoxy) is 1.